The molecule has 0 bridgehead atoms. The first-order valence-electron chi connectivity index (χ1n) is 9.66. The van der Waals surface area contributed by atoms with Crippen LogP contribution in [-0.4, -0.2) is 36.3 Å². The van der Waals surface area contributed by atoms with Crippen LogP contribution in [0.5, 0.6) is 5.75 Å². The fourth-order valence-electron chi connectivity index (χ4n) is 3.04. The Morgan fingerprint density at radius 2 is 1.94 bits per heavy atom. The molecule has 164 valence electrons. The summed E-state index contributed by atoms with van der Waals surface area (Å²) in [5.74, 6) is 0.0956. The number of anilines is 1. The summed E-state index contributed by atoms with van der Waals surface area (Å²) in [4.78, 5) is 37.8. The highest BCUT2D eigenvalue weighted by Gasteiger charge is 2.17. The summed E-state index contributed by atoms with van der Waals surface area (Å²) in [6, 6.07) is 15.3. The third-order valence-electron chi connectivity index (χ3n) is 4.70. The number of nitrogens with one attached hydrogen (secondary N) is 2. The average Bonchev–Trinajstić information content (AvgIpc) is 2.84. The Bertz CT molecular complexity index is 1440. The molecular weight excluding hydrogens is 442 g/mol. The van der Waals surface area contributed by atoms with E-state index in [1.165, 1.54) is 30.1 Å². The molecule has 2 aromatic carbocycles. The minimum absolute atomic E-state index is 0.0444. The number of nitrogens with zero attached hydrogens (tertiary/aromatic N) is 5. The second-order valence-corrected chi connectivity index (χ2v) is 7.78. The molecule has 0 unspecified atom stereocenters. The van der Waals surface area contributed by atoms with Crippen LogP contribution in [0.25, 0.3) is 22.2 Å². The van der Waals surface area contributed by atoms with Crippen molar-refractivity contribution in [3.63, 3.8) is 0 Å². The van der Waals surface area contributed by atoms with Gasteiger partial charge >= 0.3 is 0 Å². The van der Waals surface area contributed by atoms with Gasteiger partial charge in [-0.15, -0.1) is 0 Å². The Morgan fingerprint density at radius 3 is 2.70 bits per heavy atom. The van der Waals surface area contributed by atoms with Gasteiger partial charge in [0.25, 0.3) is 5.56 Å². The maximum absolute atomic E-state index is 12.7. The molecule has 2 aromatic heterocycles. The number of carbonyl (C=O) groups is 1. The van der Waals surface area contributed by atoms with Crippen LogP contribution in [-0.2, 0) is 11.8 Å². The predicted octanol–water partition coefficient (Wildman–Crippen LogP) is 2.20. The van der Waals surface area contributed by atoms with Gasteiger partial charge in [-0.3, -0.25) is 25.0 Å². The largest absolute Gasteiger partial charge is 0.508 e. The van der Waals surface area contributed by atoms with Crippen LogP contribution >= 0.6 is 11.8 Å². The number of hydrogen-bond donors (Lipinski definition) is 3. The van der Waals surface area contributed by atoms with E-state index in [1.54, 1.807) is 12.1 Å². The van der Waals surface area contributed by atoms with Crippen molar-refractivity contribution in [1.82, 2.24) is 24.9 Å². The van der Waals surface area contributed by atoms with Crippen LogP contribution in [0.2, 0.25) is 0 Å². The van der Waals surface area contributed by atoms with Crippen LogP contribution in [0.1, 0.15) is 5.56 Å². The van der Waals surface area contributed by atoms with Crippen molar-refractivity contribution in [3.8, 4) is 23.1 Å². The van der Waals surface area contributed by atoms with Crippen molar-refractivity contribution in [3.05, 3.63) is 70.8 Å². The molecule has 4 rings (SSSR count). The lowest BCUT2D eigenvalue weighted by Gasteiger charge is -2.12. The molecule has 0 aliphatic carbocycles. The average molecular weight is 459 g/mol. The molecular formula is C22H17N7O3S. The Kier molecular flexibility index (Phi) is 6.19. The Morgan fingerprint density at radius 1 is 1.18 bits per heavy atom. The number of hydrazine groups is 1. The number of benzene rings is 2. The first-order valence-corrected chi connectivity index (χ1v) is 10.6. The predicted molar refractivity (Wildman–Crippen MR) is 123 cm³/mol. The summed E-state index contributed by atoms with van der Waals surface area (Å²) in [6.07, 6.45) is 1.40. The normalized spacial score (nSPS) is 10.5. The molecule has 0 atom stereocenters. The van der Waals surface area contributed by atoms with Gasteiger partial charge in [-0.25, -0.2) is 15.0 Å². The van der Waals surface area contributed by atoms with E-state index in [9.17, 15) is 20.0 Å². The second-order valence-electron chi connectivity index (χ2n) is 6.84. The molecule has 0 aliphatic rings. The van der Waals surface area contributed by atoms with E-state index in [0.717, 1.165) is 22.7 Å². The summed E-state index contributed by atoms with van der Waals surface area (Å²) in [5, 5.41) is 20.0. The number of thioether (sulfide) groups is 1. The van der Waals surface area contributed by atoms with Crippen molar-refractivity contribution in [2.45, 2.75) is 5.16 Å². The van der Waals surface area contributed by atoms with Crippen LogP contribution in [0.15, 0.2) is 64.8 Å². The van der Waals surface area contributed by atoms with E-state index in [0.29, 0.717) is 11.4 Å². The molecule has 0 fully saturated rings. The van der Waals surface area contributed by atoms with Crippen molar-refractivity contribution in [2.24, 2.45) is 7.05 Å². The maximum atomic E-state index is 12.7. The number of carbonyl (C=O) groups excluding carboxylic acids is 1. The summed E-state index contributed by atoms with van der Waals surface area (Å²) in [5.41, 5.74) is 6.15. The number of para-hydroxylation sites is 1. The third-order valence-corrected chi connectivity index (χ3v) is 5.73. The standard InChI is InChI=1S/C22H17N7O3S/c1-29-21(32)16(10-23)19(13-6-8-14(30)9-7-13)26-22(29)33-11-18(31)27-28-20-15-4-2-3-5-17(15)24-12-25-20/h2-9,12,30H,11H2,1H3,(H,27,31)(H,24,25,28). The highest BCUT2D eigenvalue weighted by molar-refractivity contribution is 7.99. The minimum Gasteiger partial charge on any atom is -0.508 e. The zero-order valence-corrected chi connectivity index (χ0v) is 18.1. The van der Waals surface area contributed by atoms with Crippen LogP contribution in [0, 0.1) is 11.3 Å². The van der Waals surface area contributed by atoms with Gasteiger partial charge in [-0.2, -0.15) is 5.26 Å². The number of phenols is 1. The molecule has 0 aliphatic heterocycles. The number of rotatable bonds is 6. The molecule has 10 nitrogen and oxygen atoms in total. The number of phenolic OH excluding ortho intramolecular Hbond substituents is 1. The smallest absolute Gasteiger partial charge is 0.272 e. The number of hydrogen-bond acceptors (Lipinski definition) is 9. The lowest BCUT2D eigenvalue weighted by molar-refractivity contribution is -0.118. The molecule has 0 spiro atoms. The van der Waals surface area contributed by atoms with E-state index in [2.05, 4.69) is 25.8 Å². The maximum Gasteiger partial charge on any atom is 0.272 e. The van der Waals surface area contributed by atoms with E-state index in [4.69, 9.17) is 0 Å². The summed E-state index contributed by atoms with van der Waals surface area (Å²) >= 11 is 1.05. The highest BCUT2D eigenvalue weighted by Crippen LogP contribution is 2.25. The molecule has 0 saturated carbocycles. The minimum atomic E-state index is -0.524. The number of aromatic nitrogens is 4. The SMILES string of the molecule is Cn1c(SCC(=O)NNc2ncnc3ccccc23)nc(-c2ccc(O)cc2)c(C#N)c1=O. The Hall–Kier alpha value is -4.43. The topological polar surface area (TPSA) is 146 Å². The van der Waals surface area contributed by atoms with E-state index in [1.807, 2.05) is 30.3 Å². The van der Waals surface area contributed by atoms with Crippen molar-refractivity contribution in [2.75, 3.05) is 11.2 Å². The molecule has 11 heteroatoms. The summed E-state index contributed by atoms with van der Waals surface area (Å²) in [7, 11) is 1.49. The van der Waals surface area contributed by atoms with E-state index < -0.39 is 5.56 Å². The van der Waals surface area contributed by atoms with Gasteiger partial charge in [0.2, 0.25) is 5.91 Å². The molecule has 1 amide bonds. The molecule has 2 heterocycles. The molecule has 0 radical (unpaired) electrons. The fraction of sp³-hybridized carbons (Fsp3) is 0.0909. The Labute approximate surface area is 191 Å². The summed E-state index contributed by atoms with van der Waals surface area (Å²) < 4.78 is 1.23. The zero-order chi connectivity index (χ0) is 23.4. The molecule has 33 heavy (non-hydrogen) atoms. The van der Waals surface area contributed by atoms with Crippen molar-refractivity contribution >= 4 is 34.4 Å². The van der Waals surface area contributed by atoms with Gasteiger partial charge < -0.3 is 5.11 Å². The van der Waals surface area contributed by atoms with Crippen LogP contribution < -0.4 is 16.4 Å². The van der Waals surface area contributed by atoms with Gasteiger partial charge in [-0.1, -0.05) is 23.9 Å². The Balaban J connectivity index is 1.50. The number of nitriles is 1. The van der Waals surface area contributed by atoms with Crippen LogP contribution in [0.3, 0.4) is 0 Å². The van der Waals surface area contributed by atoms with Gasteiger partial charge in [0, 0.05) is 18.0 Å². The quantitative estimate of drug-likeness (QED) is 0.224. The van der Waals surface area contributed by atoms with Gasteiger partial charge in [0.1, 0.15) is 23.7 Å². The first-order chi connectivity index (χ1) is 16.0. The summed E-state index contributed by atoms with van der Waals surface area (Å²) in [6.45, 7) is 0. The number of aromatic hydroxyl groups is 1. The van der Waals surface area contributed by atoms with Crippen molar-refractivity contribution in [1.29, 1.82) is 5.26 Å². The van der Waals surface area contributed by atoms with E-state index in [-0.39, 0.29) is 33.8 Å². The molecule has 3 N–H and O–H groups in total. The number of amides is 1. The van der Waals surface area contributed by atoms with Gasteiger partial charge in [0.15, 0.2) is 11.0 Å². The molecule has 0 saturated heterocycles. The lowest BCUT2D eigenvalue weighted by atomic mass is 10.1. The highest BCUT2D eigenvalue weighted by atomic mass is 32.2. The van der Waals surface area contributed by atoms with E-state index >= 15 is 0 Å². The van der Waals surface area contributed by atoms with Crippen LogP contribution in [0.4, 0.5) is 5.82 Å². The fourth-order valence-corrected chi connectivity index (χ4v) is 3.80. The molecule has 4 aromatic rings. The first kappa shape index (κ1) is 21.8. The third kappa shape index (κ3) is 4.60. The van der Waals surface area contributed by atoms with Crippen molar-refractivity contribution < 1.29 is 9.90 Å². The second kappa shape index (κ2) is 9.37. The monoisotopic (exact) mass is 459 g/mol. The lowest BCUT2D eigenvalue weighted by Crippen LogP contribution is -2.32. The van der Waals surface area contributed by atoms with Gasteiger partial charge in [0.05, 0.1) is 17.0 Å². The van der Waals surface area contributed by atoms with Gasteiger partial charge in [-0.05, 0) is 36.4 Å². The number of fused-ring (bicyclic) bond motifs is 1. The zero-order valence-electron chi connectivity index (χ0n) is 17.3.